The largest absolute Gasteiger partial charge is 0.378 e. The molecule has 1 aliphatic heterocycles. The van der Waals surface area contributed by atoms with E-state index in [1.165, 1.54) is 12.8 Å². The number of aromatic nitrogens is 2. The third kappa shape index (κ3) is 4.87. The van der Waals surface area contributed by atoms with Crippen LogP contribution in [0.15, 0.2) is 4.52 Å². The van der Waals surface area contributed by atoms with Crippen molar-refractivity contribution < 1.29 is 9.26 Å². The minimum absolute atomic E-state index is 0.259. The Hall–Kier alpha value is -0.940. The van der Waals surface area contributed by atoms with Crippen LogP contribution in [0.2, 0.25) is 0 Å². The van der Waals surface area contributed by atoms with E-state index in [1.807, 2.05) is 0 Å². The van der Waals surface area contributed by atoms with Gasteiger partial charge in [-0.1, -0.05) is 19.0 Å². The van der Waals surface area contributed by atoms with Gasteiger partial charge >= 0.3 is 0 Å². The lowest BCUT2D eigenvalue weighted by molar-refractivity contribution is 0.0153. The van der Waals surface area contributed by atoms with Crippen molar-refractivity contribution in [3.05, 3.63) is 11.7 Å². The second-order valence-electron chi connectivity index (χ2n) is 6.23. The summed E-state index contributed by atoms with van der Waals surface area (Å²) in [6.45, 7) is 5.95. The van der Waals surface area contributed by atoms with Crippen LogP contribution in [0.5, 0.6) is 0 Å². The van der Waals surface area contributed by atoms with E-state index in [1.54, 1.807) is 0 Å². The molecule has 0 aliphatic carbocycles. The molecule has 2 atom stereocenters. The average molecular weight is 281 g/mol. The molecule has 5 nitrogen and oxygen atoms in total. The van der Waals surface area contributed by atoms with Gasteiger partial charge in [0.1, 0.15) is 0 Å². The van der Waals surface area contributed by atoms with E-state index < -0.39 is 0 Å². The first-order valence-corrected chi connectivity index (χ1v) is 7.80. The zero-order valence-corrected chi connectivity index (χ0v) is 12.7. The van der Waals surface area contributed by atoms with Crippen LogP contribution in [0.4, 0.5) is 0 Å². The standard InChI is InChI=1S/C15H27N3O2/c1-11(2)7-12(10-16)8-15-17-14(18-20-15)9-13-5-3-4-6-19-13/h11-13H,3-10,16H2,1-2H3/t12-,13?/m0/s1. The number of ether oxygens (including phenoxy) is 1. The predicted molar refractivity (Wildman–Crippen MR) is 77.3 cm³/mol. The summed E-state index contributed by atoms with van der Waals surface area (Å²) in [4.78, 5) is 4.49. The van der Waals surface area contributed by atoms with Crippen molar-refractivity contribution in [1.29, 1.82) is 0 Å². The maximum absolute atomic E-state index is 5.82. The summed E-state index contributed by atoms with van der Waals surface area (Å²) in [5.41, 5.74) is 5.82. The summed E-state index contributed by atoms with van der Waals surface area (Å²) >= 11 is 0. The second kappa shape index (κ2) is 7.74. The van der Waals surface area contributed by atoms with Crippen LogP contribution in [0.1, 0.15) is 51.2 Å². The molecular formula is C15H27N3O2. The highest BCUT2D eigenvalue weighted by Crippen LogP contribution is 2.18. The van der Waals surface area contributed by atoms with Crippen LogP contribution in [0.25, 0.3) is 0 Å². The molecule has 2 N–H and O–H groups in total. The zero-order chi connectivity index (χ0) is 14.4. The molecule has 2 heterocycles. The minimum atomic E-state index is 0.259. The normalized spacial score (nSPS) is 21.3. The lowest BCUT2D eigenvalue weighted by atomic mass is 9.94. The molecule has 2 rings (SSSR count). The van der Waals surface area contributed by atoms with E-state index >= 15 is 0 Å². The molecule has 1 fully saturated rings. The Balaban J connectivity index is 1.84. The summed E-state index contributed by atoms with van der Waals surface area (Å²) in [5, 5.41) is 4.07. The van der Waals surface area contributed by atoms with Gasteiger partial charge in [0.15, 0.2) is 5.82 Å². The lowest BCUT2D eigenvalue weighted by Gasteiger charge is -2.20. The molecule has 1 unspecified atom stereocenters. The number of nitrogens with zero attached hydrogens (tertiary/aromatic N) is 2. The van der Waals surface area contributed by atoms with Crippen molar-refractivity contribution in [1.82, 2.24) is 10.1 Å². The molecule has 1 saturated heterocycles. The summed E-state index contributed by atoms with van der Waals surface area (Å²) in [5.74, 6) is 2.55. The SMILES string of the molecule is CC(C)C[C@H](CN)Cc1nc(CC2CCCCO2)no1. The fourth-order valence-electron chi connectivity index (χ4n) is 2.80. The molecule has 0 saturated carbocycles. The van der Waals surface area contributed by atoms with Gasteiger partial charge in [0, 0.05) is 19.4 Å². The van der Waals surface area contributed by atoms with Crippen molar-refractivity contribution in [2.24, 2.45) is 17.6 Å². The first-order chi connectivity index (χ1) is 9.67. The Morgan fingerprint density at radius 3 is 2.85 bits per heavy atom. The van der Waals surface area contributed by atoms with E-state index in [2.05, 4.69) is 24.0 Å². The molecule has 20 heavy (non-hydrogen) atoms. The maximum Gasteiger partial charge on any atom is 0.226 e. The molecule has 0 aromatic carbocycles. The van der Waals surface area contributed by atoms with Gasteiger partial charge in [-0.15, -0.1) is 0 Å². The summed E-state index contributed by atoms with van der Waals surface area (Å²) in [7, 11) is 0. The number of nitrogens with two attached hydrogens (primary N) is 1. The maximum atomic E-state index is 5.82. The van der Waals surface area contributed by atoms with E-state index in [9.17, 15) is 0 Å². The average Bonchev–Trinajstić information content (AvgIpc) is 2.86. The fourth-order valence-corrected chi connectivity index (χ4v) is 2.80. The van der Waals surface area contributed by atoms with Crippen molar-refractivity contribution >= 4 is 0 Å². The molecule has 1 aromatic rings. The Morgan fingerprint density at radius 1 is 1.35 bits per heavy atom. The van der Waals surface area contributed by atoms with Gasteiger partial charge in [-0.3, -0.25) is 0 Å². The highest BCUT2D eigenvalue weighted by molar-refractivity contribution is 4.91. The van der Waals surface area contributed by atoms with Crippen LogP contribution in [-0.4, -0.2) is 29.4 Å². The highest BCUT2D eigenvalue weighted by Gasteiger charge is 2.19. The molecule has 1 aromatic heterocycles. The van der Waals surface area contributed by atoms with Gasteiger partial charge in [-0.25, -0.2) is 0 Å². The van der Waals surface area contributed by atoms with Crippen molar-refractivity contribution in [2.75, 3.05) is 13.2 Å². The smallest absolute Gasteiger partial charge is 0.226 e. The number of hydrogen-bond donors (Lipinski definition) is 1. The first kappa shape index (κ1) is 15.4. The highest BCUT2D eigenvalue weighted by atomic mass is 16.5. The Kier molecular flexibility index (Phi) is 5.98. The third-order valence-electron chi connectivity index (χ3n) is 3.80. The lowest BCUT2D eigenvalue weighted by Crippen LogP contribution is -2.22. The van der Waals surface area contributed by atoms with E-state index in [0.717, 1.165) is 38.1 Å². The fraction of sp³-hybridized carbons (Fsp3) is 0.867. The third-order valence-corrected chi connectivity index (χ3v) is 3.80. The van der Waals surface area contributed by atoms with Gasteiger partial charge < -0.3 is 15.0 Å². The van der Waals surface area contributed by atoms with Gasteiger partial charge in [0.05, 0.1) is 6.10 Å². The van der Waals surface area contributed by atoms with Crippen molar-refractivity contribution in [3.63, 3.8) is 0 Å². The molecule has 0 radical (unpaired) electrons. The molecule has 114 valence electrons. The Labute approximate surface area is 121 Å². The topological polar surface area (TPSA) is 74.2 Å². The Bertz CT molecular complexity index is 386. The van der Waals surface area contributed by atoms with Crippen LogP contribution >= 0.6 is 0 Å². The Morgan fingerprint density at radius 2 is 2.20 bits per heavy atom. The van der Waals surface area contributed by atoms with E-state index in [4.69, 9.17) is 15.0 Å². The van der Waals surface area contributed by atoms with Gasteiger partial charge in [0.25, 0.3) is 0 Å². The monoisotopic (exact) mass is 281 g/mol. The molecule has 1 aliphatic rings. The van der Waals surface area contributed by atoms with Crippen LogP contribution in [0, 0.1) is 11.8 Å². The summed E-state index contributed by atoms with van der Waals surface area (Å²) in [6, 6.07) is 0. The van der Waals surface area contributed by atoms with Crippen molar-refractivity contribution in [2.45, 2.75) is 58.5 Å². The first-order valence-electron chi connectivity index (χ1n) is 7.80. The number of hydrogen-bond acceptors (Lipinski definition) is 5. The van der Waals surface area contributed by atoms with Gasteiger partial charge in [-0.05, 0) is 44.1 Å². The van der Waals surface area contributed by atoms with Crippen LogP contribution in [-0.2, 0) is 17.6 Å². The zero-order valence-electron chi connectivity index (χ0n) is 12.7. The molecule has 5 heteroatoms. The van der Waals surface area contributed by atoms with Crippen molar-refractivity contribution in [3.8, 4) is 0 Å². The second-order valence-corrected chi connectivity index (χ2v) is 6.23. The van der Waals surface area contributed by atoms with E-state index in [0.29, 0.717) is 24.3 Å². The minimum Gasteiger partial charge on any atom is -0.378 e. The molecule has 0 bridgehead atoms. The molecule has 0 spiro atoms. The number of rotatable bonds is 7. The van der Waals surface area contributed by atoms with Gasteiger partial charge in [-0.2, -0.15) is 4.98 Å². The van der Waals surface area contributed by atoms with Crippen LogP contribution < -0.4 is 5.73 Å². The van der Waals surface area contributed by atoms with E-state index in [-0.39, 0.29) is 6.10 Å². The summed E-state index contributed by atoms with van der Waals surface area (Å²) < 4.78 is 11.1. The predicted octanol–water partition coefficient (Wildman–Crippen LogP) is 2.34. The summed E-state index contributed by atoms with van der Waals surface area (Å²) in [6.07, 6.45) is 6.41. The molecule has 0 amide bonds. The van der Waals surface area contributed by atoms with Gasteiger partial charge in [0.2, 0.25) is 5.89 Å². The molecular weight excluding hydrogens is 254 g/mol. The van der Waals surface area contributed by atoms with Crippen LogP contribution in [0.3, 0.4) is 0 Å². The quantitative estimate of drug-likeness (QED) is 0.830.